The maximum atomic E-state index is 11.8. The molecule has 0 saturated carbocycles. The summed E-state index contributed by atoms with van der Waals surface area (Å²) in [5.41, 5.74) is 8.52. The Balaban J connectivity index is 2.02. The lowest BCUT2D eigenvalue weighted by Gasteiger charge is -2.09. The molecular formula is C15H16N4O2. The molecule has 4 N–H and O–H groups in total. The Kier molecular flexibility index (Phi) is 4.18. The van der Waals surface area contributed by atoms with Gasteiger partial charge in [0, 0.05) is 6.20 Å². The number of rotatable bonds is 2. The standard InChI is InChI=1S/C15H16N4O2/c1-9-3-5-12(11(16)7-9)18-14(20)15(21)19-13-6-4-10(2)8-17-13/h3-8H,16H2,1-2H3,(H,18,20)(H,17,19,21). The summed E-state index contributed by atoms with van der Waals surface area (Å²) in [6.07, 6.45) is 1.60. The molecule has 6 nitrogen and oxygen atoms in total. The van der Waals surface area contributed by atoms with Gasteiger partial charge >= 0.3 is 11.8 Å². The van der Waals surface area contributed by atoms with Crippen molar-refractivity contribution in [2.45, 2.75) is 13.8 Å². The molecule has 0 aliphatic rings. The summed E-state index contributed by atoms with van der Waals surface area (Å²) in [5.74, 6) is -1.28. The molecule has 0 radical (unpaired) electrons. The van der Waals surface area contributed by atoms with Gasteiger partial charge in [0.05, 0.1) is 11.4 Å². The molecule has 6 heteroatoms. The number of nitrogens with one attached hydrogen (secondary N) is 2. The molecule has 2 amide bonds. The molecular weight excluding hydrogens is 268 g/mol. The zero-order valence-electron chi connectivity index (χ0n) is 11.8. The third kappa shape index (κ3) is 3.79. The van der Waals surface area contributed by atoms with E-state index in [4.69, 9.17) is 5.73 Å². The van der Waals surface area contributed by atoms with Crippen molar-refractivity contribution >= 4 is 29.0 Å². The van der Waals surface area contributed by atoms with Crippen LogP contribution in [0.4, 0.5) is 17.2 Å². The highest BCUT2D eigenvalue weighted by atomic mass is 16.2. The summed E-state index contributed by atoms with van der Waals surface area (Å²) in [6, 6.07) is 8.58. The van der Waals surface area contributed by atoms with Crippen molar-refractivity contribution < 1.29 is 9.59 Å². The fraction of sp³-hybridized carbons (Fsp3) is 0.133. The number of carbonyl (C=O) groups excluding carboxylic acids is 2. The van der Waals surface area contributed by atoms with Crippen molar-refractivity contribution in [3.8, 4) is 0 Å². The molecule has 0 fully saturated rings. The quantitative estimate of drug-likeness (QED) is 0.579. The van der Waals surface area contributed by atoms with E-state index >= 15 is 0 Å². The van der Waals surface area contributed by atoms with E-state index in [0.717, 1.165) is 11.1 Å². The van der Waals surface area contributed by atoms with Gasteiger partial charge in [-0.2, -0.15) is 0 Å². The van der Waals surface area contributed by atoms with Crippen molar-refractivity contribution in [2.75, 3.05) is 16.4 Å². The summed E-state index contributed by atoms with van der Waals surface area (Å²) in [4.78, 5) is 27.6. The number of aromatic nitrogens is 1. The summed E-state index contributed by atoms with van der Waals surface area (Å²) >= 11 is 0. The van der Waals surface area contributed by atoms with Crippen molar-refractivity contribution in [1.29, 1.82) is 0 Å². The van der Waals surface area contributed by atoms with Gasteiger partial charge in [0.2, 0.25) is 0 Å². The number of hydrogen-bond acceptors (Lipinski definition) is 4. The minimum Gasteiger partial charge on any atom is -0.397 e. The Morgan fingerprint density at radius 2 is 1.67 bits per heavy atom. The SMILES string of the molecule is Cc1ccc(NC(=O)C(=O)Nc2ccc(C)cc2N)nc1. The number of carbonyl (C=O) groups is 2. The molecule has 2 rings (SSSR count). The smallest absolute Gasteiger partial charge is 0.315 e. The van der Waals surface area contributed by atoms with Crippen LogP contribution in [-0.2, 0) is 9.59 Å². The van der Waals surface area contributed by atoms with Gasteiger partial charge in [-0.15, -0.1) is 0 Å². The second kappa shape index (κ2) is 6.04. The van der Waals surface area contributed by atoms with Crippen molar-refractivity contribution in [3.05, 3.63) is 47.7 Å². The molecule has 1 aromatic carbocycles. The van der Waals surface area contributed by atoms with Crippen LogP contribution >= 0.6 is 0 Å². The van der Waals surface area contributed by atoms with Crippen LogP contribution in [0.15, 0.2) is 36.5 Å². The molecule has 1 heterocycles. The predicted molar refractivity (Wildman–Crippen MR) is 81.8 cm³/mol. The monoisotopic (exact) mass is 284 g/mol. The van der Waals surface area contributed by atoms with E-state index in [2.05, 4.69) is 15.6 Å². The Labute approximate surface area is 122 Å². The zero-order valence-corrected chi connectivity index (χ0v) is 11.8. The molecule has 21 heavy (non-hydrogen) atoms. The maximum absolute atomic E-state index is 11.8. The van der Waals surface area contributed by atoms with Gasteiger partial charge in [-0.05, 0) is 43.2 Å². The van der Waals surface area contributed by atoms with Crippen LogP contribution in [0, 0.1) is 13.8 Å². The normalized spacial score (nSPS) is 10.0. The molecule has 0 unspecified atom stereocenters. The molecule has 0 aliphatic carbocycles. The number of amides is 2. The van der Waals surface area contributed by atoms with E-state index in [0.29, 0.717) is 17.2 Å². The number of hydrogen-bond donors (Lipinski definition) is 3. The lowest BCUT2D eigenvalue weighted by molar-refractivity contribution is -0.133. The van der Waals surface area contributed by atoms with Gasteiger partial charge < -0.3 is 16.4 Å². The number of nitrogen functional groups attached to an aromatic ring is 1. The molecule has 1 aromatic heterocycles. The molecule has 0 spiro atoms. The Bertz CT molecular complexity index is 681. The molecule has 0 atom stereocenters. The summed E-state index contributed by atoms with van der Waals surface area (Å²) in [6.45, 7) is 3.77. The zero-order chi connectivity index (χ0) is 15.4. The summed E-state index contributed by atoms with van der Waals surface area (Å²) in [5, 5.41) is 4.88. The number of pyridine rings is 1. The first-order valence-corrected chi connectivity index (χ1v) is 6.37. The first-order valence-electron chi connectivity index (χ1n) is 6.37. The number of nitrogens with zero attached hydrogens (tertiary/aromatic N) is 1. The average Bonchev–Trinajstić information content (AvgIpc) is 2.44. The molecule has 108 valence electrons. The maximum Gasteiger partial charge on any atom is 0.315 e. The van der Waals surface area contributed by atoms with Gasteiger partial charge in [-0.25, -0.2) is 4.98 Å². The average molecular weight is 284 g/mol. The minimum atomic E-state index is -0.800. The first-order chi connectivity index (χ1) is 9.95. The third-order valence-electron chi connectivity index (χ3n) is 2.81. The van der Waals surface area contributed by atoms with E-state index < -0.39 is 11.8 Å². The van der Waals surface area contributed by atoms with E-state index in [1.807, 2.05) is 13.8 Å². The Hall–Kier alpha value is -2.89. The molecule has 0 bridgehead atoms. The lowest BCUT2D eigenvalue weighted by Crippen LogP contribution is -2.29. The number of aryl methyl sites for hydroxylation is 2. The fourth-order valence-corrected chi connectivity index (χ4v) is 1.69. The van der Waals surface area contributed by atoms with Crippen LogP contribution in [0.3, 0.4) is 0 Å². The van der Waals surface area contributed by atoms with Crippen LogP contribution < -0.4 is 16.4 Å². The van der Waals surface area contributed by atoms with Gasteiger partial charge in [-0.3, -0.25) is 9.59 Å². The second-order valence-corrected chi connectivity index (χ2v) is 4.72. The van der Waals surface area contributed by atoms with Crippen molar-refractivity contribution in [2.24, 2.45) is 0 Å². The highest BCUT2D eigenvalue weighted by molar-refractivity contribution is 6.43. The van der Waals surface area contributed by atoms with Gasteiger partial charge in [0.25, 0.3) is 0 Å². The molecule has 0 aliphatic heterocycles. The van der Waals surface area contributed by atoms with Crippen LogP contribution in [0.5, 0.6) is 0 Å². The van der Waals surface area contributed by atoms with E-state index in [1.54, 1.807) is 36.5 Å². The fourth-order valence-electron chi connectivity index (χ4n) is 1.69. The van der Waals surface area contributed by atoms with E-state index in [-0.39, 0.29) is 0 Å². The third-order valence-corrected chi connectivity index (χ3v) is 2.81. The summed E-state index contributed by atoms with van der Waals surface area (Å²) in [7, 11) is 0. The topological polar surface area (TPSA) is 97.1 Å². The predicted octanol–water partition coefficient (Wildman–Crippen LogP) is 1.86. The first kappa shape index (κ1) is 14.5. The lowest BCUT2D eigenvalue weighted by atomic mass is 10.2. The Morgan fingerprint density at radius 3 is 2.29 bits per heavy atom. The van der Waals surface area contributed by atoms with Crippen LogP contribution in [0.25, 0.3) is 0 Å². The molecule has 2 aromatic rings. The van der Waals surface area contributed by atoms with Gasteiger partial charge in [-0.1, -0.05) is 12.1 Å². The Morgan fingerprint density at radius 1 is 1.00 bits per heavy atom. The van der Waals surface area contributed by atoms with Crippen molar-refractivity contribution in [1.82, 2.24) is 4.98 Å². The van der Waals surface area contributed by atoms with Crippen molar-refractivity contribution in [3.63, 3.8) is 0 Å². The van der Waals surface area contributed by atoms with Gasteiger partial charge in [0.15, 0.2) is 0 Å². The number of anilines is 3. The minimum absolute atomic E-state index is 0.317. The second-order valence-electron chi connectivity index (χ2n) is 4.72. The number of nitrogens with two attached hydrogens (primary N) is 1. The number of benzene rings is 1. The largest absolute Gasteiger partial charge is 0.397 e. The summed E-state index contributed by atoms with van der Waals surface area (Å²) < 4.78 is 0. The van der Waals surface area contributed by atoms with Crippen LogP contribution in [0.2, 0.25) is 0 Å². The van der Waals surface area contributed by atoms with Crippen LogP contribution in [0.1, 0.15) is 11.1 Å². The molecule has 0 saturated heterocycles. The van der Waals surface area contributed by atoms with E-state index in [1.165, 1.54) is 0 Å². The highest BCUT2D eigenvalue weighted by Gasteiger charge is 2.15. The van der Waals surface area contributed by atoms with E-state index in [9.17, 15) is 9.59 Å². The van der Waals surface area contributed by atoms with Gasteiger partial charge in [0.1, 0.15) is 5.82 Å². The highest BCUT2D eigenvalue weighted by Crippen LogP contribution is 2.19. The van der Waals surface area contributed by atoms with Crippen LogP contribution in [-0.4, -0.2) is 16.8 Å².